The van der Waals surface area contributed by atoms with Crippen molar-refractivity contribution < 1.29 is 10.4 Å². The standard InChI is InChI=1S/C21H32N2O2/c1-13(22-24)17-6-7-18-16-5-4-14-12-15(23-25)8-10-20(14,2)19(16)9-11-21(17,18)3/h6,14,16,18-19,24-25H,4-5,7-12H2,1-3H3/b22-13+,23-15+/t14-,16+,18+,19+,20-,21+/m0/s1. The van der Waals surface area contributed by atoms with Crippen molar-refractivity contribution in [3.63, 3.8) is 0 Å². The van der Waals surface area contributed by atoms with Crippen molar-refractivity contribution in [3.8, 4) is 0 Å². The number of nitrogens with zero attached hydrogens (tertiary/aromatic N) is 2. The molecule has 4 nitrogen and oxygen atoms in total. The molecule has 0 saturated heterocycles. The van der Waals surface area contributed by atoms with Crippen molar-refractivity contribution in [2.45, 2.75) is 72.1 Å². The largest absolute Gasteiger partial charge is 0.411 e. The molecule has 0 aromatic rings. The highest BCUT2D eigenvalue weighted by Gasteiger charge is 2.58. The lowest BCUT2D eigenvalue weighted by molar-refractivity contribution is -0.0866. The zero-order valence-corrected chi connectivity index (χ0v) is 15.8. The smallest absolute Gasteiger partial charge is 0.0799 e. The van der Waals surface area contributed by atoms with Crippen molar-refractivity contribution in [3.05, 3.63) is 11.6 Å². The molecule has 0 aromatic carbocycles. The lowest BCUT2D eigenvalue weighted by atomic mass is 9.44. The topological polar surface area (TPSA) is 65.2 Å². The van der Waals surface area contributed by atoms with Gasteiger partial charge in [-0.3, -0.25) is 0 Å². The van der Waals surface area contributed by atoms with Gasteiger partial charge in [-0.05, 0) is 98.4 Å². The van der Waals surface area contributed by atoms with Crippen LogP contribution in [0.2, 0.25) is 0 Å². The van der Waals surface area contributed by atoms with Crippen LogP contribution < -0.4 is 0 Å². The minimum absolute atomic E-state index is 0.188. The maximum atomic E-state index is 9.29. The minimum Gasteiger partial charge on any atom is -0.411 e. The molecular formula is C21H32N2O2. The van der Waals surface area contributed by atoms with Crippen LogP contribution in [-0.2, 0) is 0 Å². The SMILES string of the molecule is C/C(=N\O)C1=CC[C@@H]2[C@H]3CC[C@H]4C/C(=N/O)CC[C@]4(C)[C@@H]3CC[C@]12C. The van der Waals surface area contributed by atoms with Crippen molar-refractivity contribution in [1.29, 1.82) is 0 Å². The van der Waals surface area contributed by atoms with Gasteiger partial charge in [-0.25, -0.2) is 0 Å². The molecule has 4 aliphatic rings. The maximum absolute atomic E-state index is 9.29. The van der Waals surface area contributed by atoms with Crippen LogP contribution in [0.3, 0.4) is 0 Å². The molecule has 4 aliphatic carbocycles. The summed E-state index contributed by atoms with van der Waals surface area (Å²) in [5.74, 6) is 2.97. The van der Waals surface area contributed by atoms with E-state index in [1.165, 1.54) is 37.7 Å². The van der Waals surface area contributed by atoms with E-state index in [-0.39, 0.29) is 5.41 Å². The monoisotopic (exact) mass is 344 g/mol. The highest BCUT2D eigenvalue weighted by atomic mass is 16.4. The summed E-state index contributed by atoms with van der Waals surface area (Å²) in [6.45, 7) is 6.88. The van der Waals surface area contributed by atoms with Crippen LogP contribution in [0.15, 0.2) is 22.0 Å². The summed E-state index contributed by atoms with van der Waals surface area (Å²) in [7, 11) is 0. The molecule has 3 saturated carbocycles. The minimum atomic E-state index is 0.188. The Hall–Kier alpha value is -1.32. The van der Waals surface area contributed by atoms with E-state index in [1.807, 2.05) is 6.92 Å². The van der Waals surface area contributed by atoms with Gasteiger partial charge in [0.15, 0.2) is 0 Å². The molecule has 0 unspecified atom stereocenters. The van der Waals surface area contributed by atoms with E-state index in [4.69, 9.17) is 0 Å². The zero-order valence-electron chi connectivity index (χ0n) is 15.8. The van der Waals surface area contributed by atoms with Gasteiger partial charge in [-0.15, -0.1) is 0 Å². The molecule has 0 spiro atoms. The number of fused-ring (bicyclic) bond motifs is 5. The summed E-state index contributed by atoms with van der Waals surface area (Å²) in [5, 5.41) is 25.6. The molecule has 0 aliphatic heterocycles. The second-order valence-electron chi connectivity index (χ2n) is 9.52. The van der Waals surface area contributed by atoms with Gasteiger partial charge in [0.2, 0.25) is 0 Å². The summed E-state index contributed by atoms with van der Waals surface area (Å²) in [6.07, 6.45) is 11.7. The number of oxime groups is 2. The molecule has 0 aromatic heterocycles. The summed E-state index contributed by atoms with van der Waals surface area (Å²) in [6, 6.07) is 0. The maximum Gasteiger partial charge on any atom is 0.0799 e. The normalized spacial score (nSPS) is 48.5. The van der Waals surface area contributed by atoms with Crippen LogP contribution in [0, 0.1) is 34.5 Å². The third-order valence-corrected chi connectivity index (χ3v) is 8.76. The van der Waals surface area contributed by atoms with Gasteiger partial charge in [-0.2, -0.15) is 0 Å². The Labute approximate surface area is 151 Å². The average Bonchev–Trinajstić information content (AvgIpc) is 2.97. The van der Waals surface area contributed by atoms with Gasteiger partial charge >= 0.3 is 0 Å². The van der Waals surface area contributed by atoms with E-state index in [0.717, 1.165) is 42.5 Å². The van der Waals surface area contributed by atoms with E-state index >= 15 is 0 Å². The molecular weight excluding hydrogens is 312 g/mol. The van der Waals surface area contributed by atoms with Gasteiger partial charge in [0.1, 0.15) is 0 Å². The summed E-state index contributed by atoms with van der Waals surface area (Å²) < 4.78 is 0. The predicted molar refractivity (Wildman–Crippen MR) is 99.3 cm³/mol. The first-order valence-electron chi connectivity index (χ1n) is 10.0. The Balaban J connectivity index is 1.61. The molecule has 2 N–H and O–H groups in total. The first-order chi connectivity index (χ1) is 11.9. The van der Waals surface area contributed by atoms with E-state index in [0.29, 0.717) is 17.3 Å². The molecule has 138 valence electrons. The average molecular weight is 344 g/mol. The van der Waals surface area contributed by atoms with Crippen LogP contribution >= 0.6 is 0 Å². The third-order valence-electron chi connectivity index (χ3n) is 8.76. The highest BCUT2D eigenvalue weighted by molar-refractivity contribution is 5.99. The Bertz CT molecular complexity index is 652. The van der Waals surface area contributed by atoms with Crippen molar-refractivity contribution >= 4 is 11.4 Å². The summed E-state index contributed by atoms with van der Waals surface area (Å²) in [5.41, 5.74) is 3.71. The highest BCUT2D eigenvalue weighted by Crippen LogP contribution is 2.66. The first-order valence-corrected chi connectivity index (χ1v) is 10.0. The lowest BCUT2D eigenvalue weighted by Crippen LogP contribution is -2.53. The lowest BCUT2D eigenvalue weighted by Gasteiger charge is -2.60. The first kappa shape index (κ1) is 17.1. The van der Waals surface area contributed by atoms with E-state index in [1.54, 1.807) is 0 Å². The van der Waals surface area contributed by atoms with Crippen LogP contribution in [0.4, 0.5) is 0 Å². The fourth-order valence-electron chi connectivity index (χ4n) is 7.33. The second kappa shape index (κ2) is 5.85. The van der Waals surface area contributed by atoms with E-state index < -0.39 is 0 Å². The zero-order chi connectivity index (χ0) is 17.8. The number of allylic oxidation sites excluding steroid dienone is 2. The number of hydrogen-bond donors (Lipinski definition) is 2. The number of hydrogen-bond acceptors (Lipinski definition) is 4. The van der Waals surface area contributed by atoms with Crippen LogP contribution in [0.1, 0.15) is 72.1 Å². The molecule has 6 atom stereocenters. The molecule has 0 heterocycles. The Morgan fingerprint density at radius 3 is 2.64 bits per heavy atom. The predicted octanol–water partition coefficient (Wildman–Crippen LogP) is 5.25. The van der Waals surface area contributed by atoms with Crippen LogP contribution in [0.5, 0.6) is 0 Å². The summed E-state index contributed by atoms with van der Waals surface area (Å²) >= 11 is 0. The fraction of sp³-hybridized carbons (Fsp3) is 0.810. The molecule has 25 heavy (non-hydrogen) atoms. The molecule has 0 bridgehead atoms. The molecule has 3 fully saturated rings. The van der Waals surface area contributed by atoms with E-state index in [2.05, 4.69) is 30.2 Å². The van der Waals surface area contributed by atoms with Gasteiger partial charge in [0, 0.05) is 0 Å². The van der Waals surface area contributed by atoms with E-state index in [9.17, 15) is 10.4 Å². The fourth-order valence-corrected chi connectivity index (χ4v) is 7.33. The Kier molecular flexibility index (Phi) is 4.01. The molecule has 4 rings (SSSR count). The molecule has 0 amide bonds. The second-order valence-corrected chi connectivity index (χ2v) is 9.52. The van der Waals surface area contributed by atoms with Crippen molar-refractivity contribution in [2.75, 3.05) is 0 Å². The quantitative estimate of drug-likeness (QED) is 0.388. The number of rotatable bonds is 1. The Morgan fingerprint density at radius 1 is 1.12 bits per heavy atom. The third kappa shape index (κ3) is 2.32. The molecule has 0 radical (unpaired) electrons. The van der Waals surface area contributed by atoms with Crippen molar-refractivity contribution in [1.82, 2.24) is 0 Å². The van der Waals surface area contributed by atoms with Gasteiger partial charge in [0.05, 0.1) is 11.4 Å². The summed E-state index contributed by atoms with van der Waals surface area (Å²) in [4.78, 5) is 0. The molecule has 4 heteroatoms. The van der Waals surface area contributed by atoms with Gasteiger partial charge in [0.25, 0.3) is 0 Å². The Morgan fingerprint density at radius 2 is 1.92 bits per heavy atom. The van der Waals surface area contributed by atoms with Crippen LogP contribution in [-0.4, -0.2) is 21.8 Å². The van der Waals surface area contributed by atoms with Crippen LogP contribution in [0.25, 0.3) is 0 Å². The van der Waals surface area contributed by atoms with Gasteiger partial charge in [-0.1, -0.05) is 30.2 Å². The van der Waals surface area contributed by atoms with Crippen molar-refractivity contribution in [2.24, 2.45) is 44.8 Å². The van der Waals surface area contributed by atoms with Gasteiger partial charge < -0.3 is 10.4 Å².